The second-order valence-electron chi connectivity index (χ2n) is 5.16. The molecule has 1 aromatic rings. The van der Waals surface area contributed by atoms with Crippen LogP contribution in [0.2, 0.25) is 0 Å². The van der Waals surface area contributed by atoms with Crippen LogP contribution in [0, 0.1) is 13.8 Å². The van der Waals surface area contributed by atoms with Crippen LogP contribution in [0.5, 0.6) is 5.75 Å². The number of hydrogen-bond donors (Lipinski definition) is 1. The zero-order chi connectivity index (χ0) is 13.2. The fraction of sp³-hybridized carbons (Fsp3) is 0.533. The Morgan fingerprint density at radius 2 is 1.89 bits per heavy atom. The predicted octanol–water partition coefficient (Wildman–Crippen LogP) is 3.47. The standard InChI is InChI=1S/C15H20O3/c1-11-7-6-8-13(12(11)2)18-15(14(16)17)9-4-3-5-10-15/h6-8H,3-5,9-10H2,1-2H3,(H,16,17). The lowest BCUT2D eigenvalue weighted by atomic mass is 9.84. The van der Waals surface area contributed by atoms with E-state index in [1.54, 1.807) is 0 Å². The Labute approximate surface area is 108 Å². The Kier molecular flexibility index (Phi) is 3.60. The number of hydrogen-bond acceptors (Lipinski definition) is 2. The maximum absolute atomic E-state index is 11.6. The first kappa shape index (κ1) is 12.9. The highest BCUT2D eigenvalue weighted by molar-refractivity contribution is 5.78. The van der Waals surface area contributed by atoms with Crippen molar-refractivity contribution in [1.29, 1.82) is 0 Å². The zero-order valence-electron chi connectivity index (χ0n) is 11.0. The van der Waals surface area contributed by atoms with E-state index in [2.05, 4.69) is 0 Å². The second kappa shape index (κ2) is 5.01. The number of ether oxygens (including phenoxy) is 1. The van der Waals surface area contributed by atoms with E-state index in [9.17, 15) is 9.90 Å². The topological polar surface area (TPSA) is 46.5 Å². The third-order valence-electron chi connectivity index (χ3n) is 3.91. The summed E-state index contributed by atoms with van der Waals surface area (Å²) in [6, 6.07) is 5.79. The predicted molar refractivity (Wildman–Crippen MR) is 70.0 cm³/mol. The normalized spacial score (nSPS) is 18.3. The molecule has 3 nitrogen and oxygen atoms in total. The van der Waals surface area contributed by atoms with Crippen LogP contribution in [0.25, 0.3) is 0 Å². The summed E-state index contributed by atoms with van der Waals surface area (Å²) in [6.07, 6.45) is 4.17. The van der Waals surface area contributed by atoms with Crippen LogP contribution in [0.4, 0.5) is 0 Å². The third kappa shape index (κ3) is 2.35. The minimum absolute atomic E-state index is 0.607. The molecule has 0 radical (unpaired) electrons. The minimum Gasteiger partial charge on any atom is -0.478 e. The van der Waals surface area contributed by atoms with Gasteiger partial charge in [-0.25, -0.2) is 4.79 Å². The summed E-state index contributed by atoms with van der Waals surface area (Å²) < 4.78 is 5.92. The molecule has 0 saturated heterocycles. The van der Waals surface area contributed by atoms with Gasteiger partial charge in [0.25, 0.3) is 0 Å². The molecule has 3 heteroatoms. The minimum atomic E-state index is -1.02. The van der Waals surface area contributed by atoms with Crippen molar-refractivity contribution in [1.82, 2.24) is 0 Å². The Hall–Kier alpha value is -1.51. The maximum Gasteiger partial charge on any atom is 0.348 e. The van der Waals surface area contributed by atoms with Crippen molar-refractivity contribution in [2.24, 2.45) is 0 Å². The van der Waals surface area contributed by atoms with Crippen LogP contribution < -0.4 is 4.74 Å². The smallest absolute Gasteiger partial charge is 0.348 e. The van der Waals surface area contributed by atoms with Crippen molar-refractivity contribution in [2.45, 2.75) is 51.6 Å². The fourth-order valence-electron chi connectivity index (χ4n) is 2.53. The van der Waals surface area contributed by atoms with Crippen molar-refractivity contribution in [3.05, 3.63) is 29.3 Å². The summed E-state index contributed by atoms with van der Waals surface area (Å²) in [6.45, 7) is 3.99. The van der Waals surface area contributed by atoms with E-state index in [4.69, 9.17) is 4.74 Å². The van der Waals surface area contributed by atoms with Gasteiger partial charge in [-0.3, -0.25) is 0 Å². The highest BCUT2D eigenvalue weighted by Crippen LogP contribution is 2.35. The van der Waals surface area contributed by atoms with Gasteiger partial charge in [0, 0.05) is 0 Å². The van der Waals surface area contributed by atoms with E-state index in [-0.39, 0.29) is 0 Å². The molecule has 1 aliphatic carbocycles. The molecule has 1 aliphatic rings. The monoisotopic (exact) mass is 248 g/mol. The second-order valence-corrected chi connectivity index (χ2v) is 5.16. The summed E-state index contributed by atoms with van der Waals surface area (Å²) in [4.78, 5) is 11.6. The molecule has 1 N–H and O–H groups in total. The van der Waals surface area contributed by atoms with Gasteiger partial charge in [-0.15, -0.1) is 0 Å². The van der Waals surface area contributed by atoms with Crippen LogP contribution >= 0.6 is 0 Å². The lowest BCUT2D eigenvalue weighted by Gasteiger charge is -2.34. The number of carboxylic acid groups (broad SMARTS) is 1. The lowest BCUT2D eigenvalue weighted by molar-refractivity contribution is -0.158. The first-order chi connectivity index (χ1) is 8.55. The van der Waals surface area contributed by atoms with Gasteiger partial charge in [0.1, 0.15) is 5.75 Å². The molecule has 2 rings (SSSR count). The van der Waals surface area contributed by atoms with Gasteiger partial charge in [0.15, 0.2) is 0 Å². The van der Waals surface area contributed by atoms with E-state index in [0.717, 1.165) is 30.4 Å². The highest BCUT2D eigenvalue weighted by atomic mass is 16.5. The summed E-state index contributed by atoms with van der Waals surface area (Å²) in [5, 5.41) is 9.49. The number of carbonyl (C=O) groups is 1. The molecule has 0 atom stereocenters. The summed E-state index contributed by atoms with van der Waals surface area (Å²) in [7, 11) is 0. The van der Waals surface area contributed by atoms with Crippen molar-refractivity contribution < 1.29 is 14.6 Å². The van der Waals surface area contributed by atoms with Gasteiger partial charge < -0.3 is 9.84 Å². The average Bonchev–Trinajstić information content (AvgIpc) is 2.36. The molecule has 0 spiro atoms. The Balaban J connectivity index is 2.29. The molecule has 0 heterocycles. The van der Waals surface area contributed by atoms with Gasteiger partial charge in [-0.2, -0.15) is 0 Å². The van der Waals surface area contributed by atoms with Crippen LogP contribution in [-0.4, -0.2) is 16.7 Å². The first-order valence-corrected chi connectivity index (χ1v) is 6.54. The van der Waals surface area contributed by atoms with Gasteiger partial charge in [-0.05, 0) is 56.7 Å². The highest BCUT2D eigenvalue weighted by Gasteiger charge is 2.42. The maximum atomic E-state index is 11.6. The Morgan fingerprint density at radius 3 is 2.50 bits per heavy atom. The largest absolute Gasteiger partial charge is 0.478 e. The fourth-order valence-corrected chi connectivity index (χ4v) is 2.53. The van der Waals surface area contributed by atoms with Gasteiger partial charge in [-0.1, -0.05) is 18.6 Å². The number of aliphatic carboxylic acids is 1. The lowest BCUT2D eigenvalue weighted by Crippen LogP contribution is -2.46. The van der Waals surface area contributed by atoms with Crippen LogP contribution in [0.15, 0.2) is 18.2 Å². The van der Waals surface area contributed by atoms with Crippen molar-refractivity contribution in [2.75, 3.05) is 0 Å². The number of benzene rings is 1. The molecule has 1 aromatic carbocycles. The molecule has 0 unspecified atom stereocenters. The van der Waals surface area contributed by atoms with Crippen molar-refractivity contribution in [3.63, 3.8) is 0 Å². The zero-order valence-corrected chi connectivity index (χ0v) is 11.0. The molecular formula is C15H20O3. The van der Waals surface area contributed by atoms with Gasteiger partial charge in [0.05, 0.1) is 0 Å². The molecule has 1 fully saturated rings. The van der Waals surface area contributed by atoms with E-state index in [1.807, 2.05) is 32.0 Å². The third-order valence-corrected chi connectivity index (χ3v) is 3.91. The van der Waals surface area contributed by atoms with E-state index >= 15 is 0 Å². The van der Waals surface area contributed by atoms with E-state index in [1.165, 1.54) is 0 Å². The molecule has 0 bridgehead atoms. The van der Waals surface area contributed by atoms with E-state index < -0.39 is 11.6 Å². The summed E-state index contributed by atoms with van der Waals surface area (Å²) >= 11 is 0. The molecule has 0 aliphatic heterocycles. The number of aryl methyl sites for hydroxylation is 1. The number of carboxylic acids is 1. The van der Waals surface area contributed by atoms with Gasteiger partial charge >= 0.3 is 5.97 Å². The van der Waals surface area contributed by atoms with Crippen LogP contribution in [0.1, 0.15) is 43.2 Å². The van der Waals surface area contributed by atoms with E-state index in [0.29, 0.717) is 18.6 Å². The molecule has 0 amide bonds. The average molecular weight is 248 g/mol. The molecule has 18 heavy (non-hydrogen) atoms. The number of rotatable bonds is 3. The summed E-state index contributed by atoms with van der Waals surface area (Å²) in [5.74, 6) is -0.123. The summed E-state index contributed by atoms with van der Waals surface area (Å²) in [5.41, 5.74) is 1.14. The first-order valence-electron chi connectivity index (χ1n) is 6.54. The van der Waals surface area contributed by atoms with Gasteiger partial charge in [0.2, 0.25) is 5.60 Å². The molecule has 1 saturated carbocycles. The Morgan fingerprint density at radius 1 is 1.22 bits per heavy atom. The van der Waals surface area contributed by atoms with Crippen molar-refractivity contribution >= 4 is 5.97 Å². The Bertz CT molecular complexity index is 445. The van der Waals surface area contributed by atoms with Crippen LogP contribution in [-0.2, 0) is 4.79 Å². The van der Waals surface area contributed by atoms with Crippen LogP contribution in [0.3, 0.4) is 0 Å². The van der Waals surface area contributed by atoms with Crippen molar-refractivity contribution in [3.8, 4) is 5.75 Å². The molecular weight excluding hydrogens is 228 g/mol. The quantitative estimate of drug-likeness (QED) is 0.891. The molecule has 98 valence electrons. The molecule has 0 aromatic heterocycles. The SMILES string of the molecule is Cc1cccc(OC2(C(=O)O)CCCCC2)c1C.